The topological polar surface area (TPSA) is 20.3 Å². The molecule has 0 heterocycles. The van der Waals surface area contributed by atoms with Gasteiger partial charge in [0.1, 0.15) is 0 Å². The first-order valence-electron chi connectivity index (χ1n) is 8.07. The Bertz CT molecular complexity index is 556. The normalized spacial score (nSPS) is 12.6. The summed E-state index contributed by atoms with van der Waals surface area (Å²) in [5.74, 6) is 0.414. The molecule has 0 amide bonds. The van der Waals surface area contributed by atoms with E-state index < -0.39 is 0 Å². The van der Waals surface area contributed by atoms with Gasteiger partial charge in [-0.2, -0.15) is 0 Å². The highest BCUT2D eigenvalue weighted by Gasteiger charge is 2.25. The van der Waals surface area contributed by atoms with Gasteiger partial charge in [0.15, 0.2) is 0 Å². The number of nitrogens with zero attached hydrogens (tertiary/aromatic N) is 1. The van der Waals surface area contributed by atoms with Gasteiger partial charge >= 0.3 is 0 Å². The van der Waals surface area contributed by atoms with Gasteiger partial charge < -0.3 is 0 Å². The monoisotopic (exact) mass is 329 g/mol. The van der Waals surface area contributed by atoms with Crippen molar-refractivity contribution in [2.45, 2.75) is 39.4 Å². The largest absolute Gasteiger partial charge is 0.284 e. The summed E-state index contributed by atoms with van der Waals surface area (Å²) in [6, 6.07) is 20.2. The summed E-state index contributed by atoms with van der Waals surface area (Å²) in [6.45, 7) is 5.67. The van der Waals surface area contributed by atoms with Crippen LogP contribution in [-0.2, 0) is 17.9 Å². The van der Waals surface area contributed by atoms with E-state index in [4.69, 9.17) is 11.6 Å². The van der Waals surface area contributed by atoms with Gasteiger partial charge in [0.25, 0.3) is 0 Å². The lowest BCUT2D eigenvalue weighted by atomic mass is 10.0. The molecule has 0 saturated heterocycles. The molecule has 0 aliphatic heterocycles. The maximum Gasteiger partial charge on any atom is 0.238 e. The summed E-state index contributed by atoms with van der Waals surface area (Å²) in [4.78, 5) is 14.2. The molecule has 2 rings (SSSR count). The Kier molecular flexibility index (Phi) is 6.82. The summed E-state index contributed by atoms with van der Waals surface area (Å²) in [6.07, 6.45) is 0.766. The van der Waals surface area contributed by atoms with Gasteiger partial charge in [-0.1, -0.05) is 74.5 Å². The van der Waals surface area contributed by atoms with Gasteiger partial charge in [0.2, 0.25) is 5.24 Å². The zero-order valence-corrected chi connectivity index (χ0v) is 14.5. The Balaban J connectivity index is 2.23. The van der Waals surface area contributed by atoms with Crippen LogP contribution in [0.5, 0.6) is 0 Å². The van der Waals surface area contributed by atoms with E-state index in [-0.39, 0.29) is 11.3 Å². The molecule has 0 saturated carbocycles. The maximum atomic E-state index is 12.0. The van der Waals surface area contributed by atoms with E-state index in [0.29, 0.717) is 19.0 Å². The van der Waals surface area contributed by atoms with Crippen molar-refractivity contribution in [2.24, 2.45) is 5.92 Å². The molecular formula is C20H24ClNO. The zero-order valence-electron chi connectivity index (χ0n) is 13.8. The van der Waals surface area contributed by atoms with Crippen LogP contribution in [-0.4, -0.2) is 16.2 Å². The van der Waals surface area contributed by atoms with E-state index >= 15 is 0 Å². The molecule has 0 aliphatic carbocycles. The van der Waals surface area contributed by atoms with Crippen molar-refractivity contribution in [2.75, 3.05) is 0 Å². The van der Waals surface area contributed by atoms with Crippen molar-refractivity contribution in [1.29, 1.82) is 0 Å². The van der Waals surface area contributed by atoms with E-state index in [1.807, 2.05) is 36.4 Å². The molecule has 2 nitrogen and oxygen atoms in total. The number of hydrogen-bond acceptors (Lipinski definition) is 2. The number of rotatable bonds is 8. The molecule has 23 heavy (non-hydrogen) atoms. The lowest BCUT2D eigenvalue weighted by molar-refractivity contribution is -0.117. The number of carbonyl (C=O) groups is 1. The second kappa shape index (κ2) is 8.85. The first-order valence-corrected chi connectivity index (χ1v) is 8.45. The summed E-state index contributed by atoms with van der Waals surface area (Å²) in [7, 11) is 0. The van der Waals surface area contributed by atoms with Gasteiger partial charge in [0, 0.05) is 13.1 Å². The molecule has 2 aromatic rings. The minimum atomic E-state index is -0.273. The third-order valence-electron chi connectivity index (χ3n) is 3.85. The molecule has 2 aromatic carbocycles. The molecule has 0 radical (unpaired) electrons. The molecule has 1 atom stereocenters. The van der Waals surface area contributed by atoms with Crippen molar-refractivity contribution in [3.05, 3.63) is 71.8 Å². The molecule has 3 heteroatoms. The molecule has 0 aliphatic rings. The summed E-state index contributed by atoms with van der Waals surface area (Å²) < 4.78 is 0. The van der Waals surface area contributed by atoms with Crippen LogP contribution in [0, 0.1) is 5.92 Å². The van der Waals surface area contributed by atoms with E-state index in [1.54, 1.807) is 0 Å². The minimum Gasteiger partial charge on any atom is -0.284 e. The van der Waals surface area contributed by atoms with Crippen molar-refractivity contribution in [3.63, 3.8) is 0 Å². The van der Waals surface area contributed by atoms with Gasteiger partial charge in [-0.25, -0.2) is 0 Å². The van der Waals surface area contributed by atoms with Crippen LogP contribution in [0.2, 0.25) is 0 Å². The Hall–Kier alpha value is -1.64. The summed E-state index contributed by atoms with van der Waals surface area (Å²) in [5, 5.41) is -0.273. The highest BCUT2D eigenvalue weighted by atomic mass is 35.5. The van der Waals surface area contributed by atoms with Gasteiger partial charge in [-0.15, -0.1) is 0 Å². The van der Waals surface area contributed by atoms with E-state index in [1.165, 1.54) is 11.1 Å². The van der Waals surface area contributed by atoms with Crippen LogP contribution in [0.15, 0.2) is 60.7 Å². The molecule has 0 spiro atoms. The van der Waals surface area contributed by atoms with E-state index in [2.05, 4.69) is 43.0 Å². The molecular weight excluding hydrogens is 306 g/mol. The van der Waals surface area contributed by atoms with E-state index in [9.17, 15) is 4.79 Å². The fourth-order valence-corrected chi connectivity index (χ4v) is 2.97. The quantitative estimate of drug-likeness (QED) is 0.644. The van der Waals surface area contributed by atoms with Gasteiger partial charge in [-0.05, 0) is 35.1 Å². The number of carbonyl (C=O) groups excluding carboxylic acids is 1. The van der Waals surface area contributed by atoms with Gasteiger partial charge in [0.05, 0.1) is 6.04 Å². The first kappa shape index (κ1) is 17.7. The summed E-state index contributed by atoms with van der Waals surface area (Å²) >= 11 is 5.93. The van der Waals surface area contributed by atoms with Crippen molar-refractivity contribution < 1.29 is 4.79 Å². The fourth-order valence-electron chi connectivity index (χ4n) is 2.74. The third kappa shape index (κ3) is 5.81. The zero-order chi connectivity index (χ0) is 16.7. The number of halogens is 1. The predicted octanol–water partition coefficient (Wildman–Crippen LogP) is 4.87. The number of hydrogen-bond donors (Lipinski definition) is 0. The molecule has 0 unspecified atom stereocenters. The average Bonchev–Trinajstić information content (AvgIpc) is 2.53. The Morgan fingerprint density at radius 3 is 1.70 bits per heavy atom. The van der Waals surface area contributed by atoms with Crippen LogP contribution in [0.1, 0.15) is 31.4 Å². The Morgan fingerprint density at radius 2 is 1.35 bits per heavy atom. The van der Waals surface area contributed by atoms with Crippen molar-refractivity contribution >= 4 is 16.8 Å². The average molecular weight is 330 g/mol. The first-order chi connectivity index (χ1) is 11.1. The lowest BCUT2D eigenvalue weighted by Gasteiger charge is -2.30. The SMILES string of the molecule is CC(C)C[C@@H](C(=O)Cl)N(Cc1ccccc1)Cc1ccccc1. The van der Waals surface area contributed by atoms with Crippen molar-refractivity contribution in [1.82, 2.24) is 4.90 Å². The Labute approximate surface area is 144 Å². The second-order valence-corrected chi connectivity index (χ2v) is 6.70. The van der Waals surface area contributed by atoms with Crippen LogP contribution in [0.4, 0.5) is 0 Å². The van der Waals surface area contributed by atoms with Crippen LogP contribution in [0.3, 0.4) is 0 Å². The minimum absolute atomic E-state index is 0.267. The molecule has 0 bridgehead atoms. The standard InChI is InChI=1S/C20H24ClNO/c1-16(2)13-19(20(21)23)22(14-17-9-5-3-6-10-17)15-18-11-7-4-8-12-18/h3-12,16,19H,13-15H2,1-2H3/t19-/m0/s1. The predicted molar refractivity (Wildman–Crippen MR) is 96.2 cm³/mol. The van der Waals surface area contributed by atoms with Crippen molar-refractivity contribution in [3.8, 4) is 0 Å². The molecule has 122 valence electrons. The smallest absolute Gasteiger partial charge is 0.238 e. The van der Waals surface area contributed by atoms with Crippen LogP contribution < -0.4 is 0 Å². The molecule has 0 fully saturated rings. The lowest BCUT2D eigenvalue weighted by Crippen LogP contribution is -2.39. The number of benzene rings is 2. The third-order valence-corrected chi connectivity index (χ3v) is 4.11. The maximum absolute atomic E-state index is 12.0. The van der Waals surface area contributed by atoms with Gasteiger partial charge in [-0.3, -0.25) is 9.69 Å². The highest BCUT2D eigenvalue weighted by Crippen LogP contribution is 2.20. The summed E-state index contributed by atoms with van der Waals surface area (Å²) in [5.41, 5.74) is 2.38. The Morgan fingerprint density at radius 1 is 0.913 bits per heavy atom. The van der Waals surface area contributed by atoms with Crippen LogP contribution >= 0.6 is 11.6 Å². The molecule has 0 N–H and O–H groups in total. The van der Waals surface area contributed by atoms with Crippen LogP contribution in [0.25, 0.3) is 0 Å². The fraction of sp³-hybridized carbons (Fsp3) is 0.350. The highest BCUT2D eigenvalue weighted by molar-refractivity contribution is 6.64. The second-order valence-electron chi connectivity index (χ2n) is 6.33. The van der Waals surface area contributed by atoms with E-state index in [0.717, 1.165) is 6.42 Å². The molecule has 0 aromatic heterocycles.